The van der Waals surface area contributed by atoms with Crippen molar-refractivity contribution in [2.24, 2.45) is 0 Å². The van der Waals surface area contributed by atoms with Crippen molar-refractivity contribution < 1.29 is 4.79 Å². The zero-order valence-electron chi connectivity index (χ0n) is 10.7. The second-order valence-corrected chi connectivity index (χ2v) is 5.10. The monoisotopic (exact) mass is 254 g/mol. The van der Waals surface area contributed by atoms with E-state index in [1.165, 1.54) is 4.88 Å². The van der Waals surface area contributed by atoms with Crippen LogP contribution in [-0.2, 0) is 11.3 Å². The van der Waals surface area contributed by atoms with E-state index < -0.39 is 0 Å². The average Bonchev–Trinajstić information content (AvgIpc) is 2.83. The van der Waals surface area contributed by atoms with Crippen LogP contribution in [0.25, 0.3) is 0 Å². The molecule has 4 heteroatoms. The molecule has 1 aromatic rings. The minimum atomic E-state index is 0.00536. The molecule has 1 atom stereocenters. The normalized spacial score (nSPS) is 12.6. The summed E-state index contributed by atoms with van der Waals surface area (Å²) in [5.41, 5.74) is 0. The Morgan fingerprint density at radius 2 is 2.29 bits per heavy atom. The van der Waals surface area contributed by atoms with E-state index in [-0.39, 0.29) is 11.8 Å². The number of nitrogens with one attached hydrogen (secondary N) is 2. The summed E-state index contributed by atoms with van der Waals surface area (Å²) in [5, 5.41) is 8.53. The van der Waals surface area contributed by atoms with Gasteiger partial charge in [-0.05, 0) is 30.8 Å². The fourth-order valence-corrected chi connectivity index (χ4v) is 2.32. The number of rotatable bonds is 9. The van der Waals surface area contributed by atoms with Crippen molar-refractivity contribution in [1.29, 1.82) is 0 Å². The Labute approximate surface area is 108 Å². The zero-order valence-corrected chi connectivity index (χ0v) is 11.5. The molecule has 17 heavy (non-hydrogen) atoms. The van der Waals surface area contributed by atoms with Crippen LogP contribution in [0.5, 0.6) is 0 Å². The lowest BCUT2D eigenvalue weighted by atomic mass is 10.1. The van der Waals surface area contributed by atoms with Gasteiger partial charge in [-0.15, -0.1) is 11.3 Å². The van der Waals surface area contributed by atoms with Crippen LogP contribution in [0.1, 0.15) is 31.6 Å². The second-order valence-electron chi connectivity index (χ2n) is 4.06. The zero-order chi connectivity index (χ0) is 12.5. The Hall–Kier alpha value is -0.710. The van der Waals surface area contributed by atoms with Crippen molar-refractivity contribution in [1.82, 2.24) is 10.6 Å². The predicted molar refractivity (Wildman–Crippen MR) is 73.4 cm³/mol. The quantitative estimate of drug-likeness (QED) is 0.710. The molecule has 0 aliphatic carbocycles. The summed E-state index contributed by atoms with van der Waals surface area (Å²) in [4.78, 5) is 13.2. The van der Waals surface area contributed by atoms with Gasteiger partial charge in [0.15, 0.2) is 5.78 Å². The minimum absolute atomic E-state index is 0.00536. The van der Waals surface area contributed by atoms with Crippen LogP contribution in [-0.4, -0.2) is 24.9 Å². The van der Waals surface area contributed by atoms with E-state index in [0.717, 1.165) is 25.9 Å². The number of carbonyl (C=O) groups is 1. The number of ketones is 1. The van der Waals surface area contributed by atoms with E-state index in [0.29, 0.717) is 6.54 Å². The average molecular weight is 254 g/mol. The molecular weight excluding hydrogens is 232 g/mol. The van der Waals surface area contributed by atoms with Crippen molar-refractivity contribution in [2.75, 3.05) is 13.1 Å². The lowest BCUT2D eigenvalue weighted by Gasteiger charge is -2.15. The van der Waals surface area contributed by atoms with Gasteiger partial charge in [0, 0.05) is 11.4 Å². The van der Waals surface area contributed by atoms with Gasteiger partial charge in [0.05, 0.1) is 12.6 Å². The minimum Gasteiger partial charge on any atom is -0.307 e. The van der Waals surface area contributed by atoms with Gasteiger partial charge in [-0.1, -0.05) is 19.9 Å². The first kappa shape index (κ1) is 14.4. The molecule has 0 spiro atoms. The molecule has 0 bridgehead atoms. The Kier molecular flexibility index (Phi) is 7.08. The molecule has 2 N–H and O–H groups in total. The highest BCUT2D eigenvalue weighted by atomic mass is 32.1. The molecular formula is C13H22N2OS. The molecule has 0 aromatic carbocycles. The molecule has 96 valence electrons. The highest BCUT2D eigenvalue weighted by molar-refractivity contribution is 7.09. The maximum Gasteiger partial charge on any atom is 0.163 e. The third kappa shape index (κ3) is 5.44. The van der Waals surface area contributed by atoms with Crippen molar-refractivity contribution >= 4 is 17.1 Å². The molecule has 0 saturated carbocycles. The lowest BCUT2D eigenvalue weighted by molar-refractivity contribution is -0.120. The van der Waals surface area contributed by atoms with Crippen LogP contribution in [0.4, 0.5) is 0 Å². The maximum absolute atomic E-state index is 11.9. The van der Waals surface area contributed by atoms with E-state index in [1.807, 2.05) is 13.0 Å². The first-order valence-corrected chi connectivity index (χ1v) is 7.15. The van der Waals surface area contributed by atoms with Crippen molar-refractivity contribution in [3.63, 3.8) is 0 Å². The first-order valence-electron chi connectivity index (χ1n) is 6.27. The maximum atomic E-state index is 11.9. The molecule has 0 radical (unpaired) electrons. The van der Waals surface area contributed by atoms with E-state index in [2.05, 4.69) is 29.0 Å². The molecule has 0 saturated heterocycles. The number of Topliss-reactive ketones (excluding diaryl/α,β-unsaturated/α-hetero) is 1. The van der Waals surface area contributed by atoms with Crippen LogP contribution in [0.3, 0.4) is 0 Å². The van der Waals surface area contributed by atoms with Gasteiger partial charge in [0.25, 0.3) is 0 Å². The van der Waals surface area contributed by atoms with Crippen molar-refractivity contribution in [3.05, 3.63) is 22.4 Å². The number of hydrogen-bond donors (Lipinski definition) is 2. The second kappa shape index (κ2) is 8.39. The van der Waals surface area contributed by atoms with Gasteiger partial charge in [0.2, 0.25) is 0 Å². The Balaban J connectivity index is 2.22. The molecule has 1 rings (SSSR count). The molecule has 0 amide bonds. The third-order valence-electron chi connectivity index (χ3n) is 2.62. The standard InChI is InChI=1S/C13H22N2OS/c1-3-7-15-12(4-2)13(16)10-14-9-11-6-5-8-17-11/h5-6,8,12,14-15H,3-4,7,9-10H2,1-2H3/t12-/m0/s1. The van der Waals surface area contributed by atoms with Gasteiger partial charge in [-0.3, -0.25) is 4.79 Å². The summed E-state index contributed by atoms with van der Waals surface area (Å²) >= 11 is 1.71. The van der Waals surface area contributed by atoms with Gasteiger partial charge in [0.1, 0.15) is 0 Å². The predicted octanol–water partition coefficient (Wildman–Crippen LogP) is 2.18. The third-order valence-corrected chi connectivity index (χ3v) is 3.49. The first-order chi connectivity index (χ1) is 8.27. The smallest absolute Gasteiger partial charge is 0.163 e. The van der Waals surface area contributed by atoms with Crippen LogP contribution in [0.2, 0.25) is 0 Å². The van der Waals surface area contributed by atoms with Crippen molar-refractivity contribution in [2.45, 2.75) is 39.3 Å². The fraction of sp³-hybridized carbons (Fsp3) is 0.615. The van der Waals surface area contributed by atoms with Gasteiger partial charge < -0.3 is 10.6 Å². The van der Waals surface area contributed by atoms with Crippen LogP contribution >= 0.6 is 11.3 Å². The molecule has 0 fully saturated rings. The SMILES string of the molecule is CCCN[C@@H](CC)C(=O)CNCc1cccs1. The Morgan fingerprint density at radius 1 is 1.47 bits per heavy atom. The van der Waals surface area contributed by atoms with E-state index in [4.69, 9.17) is 0 Å². The summed E-state index contributed by atoms with van der Waals surface area (Å²) in [6.45, 7) is 6.31. The molecule has 1 aromatic heterocycles. The summed E-state index contributed by atoms with van der Waals surface area (Å²) in [7, 11) is 0. The van der Waals surface area contributed by atoms with E-state index in [1.54, 1.807) is 11.3 Å². The highest BCUT2D eigenvalue weighted by Gasteiger charge is 2.14. The molecule has 0 aliphatic heterocycles. The fourth-order valence-electron chi connectivity index (χ4n) is 1.65. The van der Waals surface area contributed by atoms with E-state index in [9.17, 15) is 4.79 Å². The number of carbonyl (C=O) groups excluding carboxylic acids is 1. The summed E-state index contributed by atoms with van der Waals surface area (Å²) in [6.07, 6.45) is 1.92. The summed E-state index contributed by atoms with van der Waals surface area (Å²) < 4.78 is 0. The summed E-state index contributed by atoms with van der Waals surface area (Å²) in [5.74, 6) is 0.262. The molecule has 0 unspecified atom stereocenters. The molecule has 3 nitrogen and oxygen atoms in total. The lowest BCUT2D eigenvalue weighted by Crippen LogP contribution is -2.41. The van der Waals surface area contributed by atoms with E-state index >= 15 is 0 Å². The largest absolute Gasteiger partial charge is 0.307 e. The molecule has 0 aliphatic rings. The van der Waals surface area contributed by atoms with Gasteiger partial charge in [-0.2, -0.15) is 0 Å². The van der Waals surface area contributed by atoms with Crippen LogP contribution in [0, 0.1) is 0 Å². The number of hydrogen-bond acceptors (Lipinski definition) is 4. The van der Waals surface area contributed by atoms with Crippen LogP contribution in [0.15, 0.2) is 17.5 Å². The van der Waals surface area contributed by atoms with Crippen LogP contribution < -0.4 is 10.6 Å². The van der Waals surface area contributed by atoms with Crippen molar-refractivity contribution in [3.8, 4) is 0 Å². The summed E-state index contributed by atoms with van der Waals surface area (Å²) in [6, 6.07) is 4.11. The number of thiophene rings is 1. The highest BCUT2D eigenvalue weighted by Crippen LogP contribution is 2.07. The Bertz CT molecular complexity index is 311. The Morgan fingerprint density at radius 3 is 2.88 bits per heavy atom. The van der Waals surface area contributed by atoms with Gasteiger partial charge in [-0.25, -0.2) is 0 Å². The molecule has 1 heterocycles. The van der Waals surface area contributed by atoms with Gasteiger partial charge >= 0.3 is 0 Å². The topological polar surface area (TPSA) is 41.1 Å².